The molecule has 2 fully saturated rings. The minimum absolute atomic E-state index is 0.154. The lowest BCUT2D eigenvalue weighted by Gasteiger charge is -2.32. The molecule has 0 amide bonds. The highest BCUT2D eigenvalue weighted by Crippen LogP contribution is 2.49. The topological polar surface area (TPSA) is 55.8 Å². The van der Waals surface area contributed by atoms with Crippen LogP contribution in [-0.2, 0) is 10.2 Å². The number of hydrogen-bond donors (Lipinski definition) is 1. The van der Waals surface area contributed by atoms with Crippen LogP contribution in [0.2, 0.25) is 5.02 Å². The van der Waals surface area contributed by atoms with Gasteiger partial charge in [-0.25, -0.2) is 0 Å². The van der Waals surface area contributed by atoms with E-state index in [2.05, 4.69) is 0 Å². The Bertz CT molecular complexity index is 574. The molecule has 2 saturated carbocycles. The molecule has 1 aromatic carbocycles. The Morgan fingerprint density at radius 3 is 2.45 bits per heavy atom. The molecule has 1 N–H and O–H groups in total. The first-order chi connectivity index (χ1) is 10.6. The molecule has 3 rings (SSSR count). The van der Waals surface area contributed by atoms with E-state index in [1.807, 2.05) is 0 Å². The van der Waals surface area contributed by atoms with Crippen LogP contribution >= 0.6 is 11.6 Å². The largest absolute Gasteiger partial charge is 0.493 e. The number of methoxy groups -OCH3 is 1. The van der Waals surface area contributed by atoms with Crippen LogP contribution in [0.15, 0.2) is 12.1 Å². The second-order valence-corrected chi connectivity index (χ2v) is 6.69. The summed E-state index contributed by atoms with van der Waals surface area (Å²) in [5.74, 6) is 0.301. The number of rotatable bonds is 5. The van der Waals surface area contributed by atoms with E-state index < -0.39 is 11.4 Å². The number of benzene rings is 1. The number of halogens is 1. The van der Waals surface area contributed by atoms with Gasteiger partial charge in [0.2, 0.25) is 0 Å². The molecule has 120 valence electrons. The third-order valence-electron chi connectivity index (χ3n) is 4.96. The molecule has 0 aromatic heterocycles. The molecule has 0 radical (unpaired) electrons. The molecule has 1 aromatic rings. The van der Waals surface area contributed by atoms with Gasteiger partial charge < -0.3 is 14.6 Å². The zero-order valence-corrected chi connectivity index (χ0v) is 13.5. The quantitative estimate of drug-likeness (QED) is 0.883. The zero-order chi connectivity index (χ0) is 15.7. The first kappa shape index (κ1) is 15.5. The lowest BCUT2D eigenvalue weighted by molar-refractivity contribution is -0.143. The maximum Gasteiger partial charge on any atom is 0.314 e. The highest BCUT2D eigenvalue weighted by atomic mass is 35.5. The highest BCUT2D eigenvalue weighted by Gasteiger charge is 2.46. The third-order valence-corrected chi connectivity index (χ3v) is 5.18. The standard InChI is InChI=1S/C17H21ClO4/c1-21-14-10-11(18)9-13(15(14)22-12-5-4-6-12)17(16(19)20)7-2-3-8-17/h9-10,12H,2-8H2,1H3,(H,19,20). The Kier molecular flexibility index (Phi) is 4.22. The van der Waals surface area contributed by atoms with E-state index in [-0.39, 0.29) is 6.10 Å². The Morgan fingerprint density at radius 1 is 1.27 bits per heavy atom. The number of carboxylic acid groups (broad SMARTS) is 1. The van der Waals surface area contributed by atoms with Gasteiger partial charge in [0, 0.05) is 16.7 Å². The van der Waals surface area contributed by atoms with Gasteiger partial charge in [-0.3, -0.25) is 4.79 Å². The molecule has 0 saturated heterocycles. The van der Waals surface area contributed by atoms with E-state index >= 15 is 0 Å². The van der Waals surface area contributed by atoms with Crippen molar-refractivity contribution in [3.8, 4) is 11.5 Å². The van der Waals surface area contributed by atoms with Crippen molar-refractivity contribution in [1.29, 1.82) is 0 Å². The van der Waals surface area contributed by atoms with E-state index in [4.69, 9.17) is 21.1 Å². The summed E-state index contributed by atoms with van der Waals surface area (Å²) in [6, 6.07) is 3.45. The van der Waals surface area contributed by atoms with E-state index in [0.717, 1.165) is 32.1 Å². The van der Waals surface area contributed by atoms with Crippen molar-refractivity contribution in [2.24, 2.45) is 0 Å². The summed E-state index contributed by atoms with van der Waals surface area (Å²) in [7, 11) is 1.56. The van der Waals surface area contributed by atoms with Crippen LogP contribution in [0.1, 0.15) is 50.5 Å². The number of ether oxygens (including phenoxy) is 2. The molecule has 22 heavy (non-hydrogen) atoms. The van der Waals surface area contributed by atoms with Crippen LogP contribution in [0, 0.1) is 0 Å². The van der Waals surface area contributed by atoms with E-state index in [9.17, 15) is 9.90 Å². The van der Waals surface area contributed by atoms with E-state index in [1.54, 1.807) is 19.2 Å². The van der Waals surface area contributed by atoms with Crippen molar-refractivity contribution in [3.63, 3.8) is 0 Å². The van der Waals surface area contributed by atoms with Crippen LogP contribution in [-0.4, -0.2) is 24.3 Å². The van der Waals surface area contributed by atoms with Crippen molar-refractivity contribution in [2.45, 2.75) is 56.5 Å². The van der Waals surface area contributed by atoms with Crippen LogP contribution < -0.4 is 9.47 Å². The molecule has 0 aliphatic heterocycles. The number of carboxylic acids is 1. The molecule has 2 aliphatic carbocycles. The molecule has 0 unspecified atom stereocenters. The van der Waals surface area contributed by atoms with Crippen LogP contribution in [0.3, 0.4) is 0 Å². The average molecular weight is 325 g/mol. The Labute approximate surface area is 135 Å². The van der Waals surface area contributed by atoms with E-state index in [1.165, 1.54) is 0 Å². The predicted octanol–water partition coefficient (Wildman–Crippen LogP) is 4.18. The minimum Gasteiger partial charge on any atom is -0.493 e. The van der Waals surface area contributed by atoms with E-state index in [0.29, 0.717) is 34.9 Å². The maximum atomic E-state index is 12.0. The number of hydrogen-bond acceptors (Lipinski definition) is 3. The van der Waals surface area contributed by atoms with Gasteiger partial charge in [0.05, 0.1) is 18.6 Å². The first-order valence-electron chi connectivity index (χ1n) is 7.85. The van der Waals surface area contributed by atoms with Gasteiger partial charge in [-0.1, -0.05) is 24.4 Å². The van der Waals surface area contributed by atoms with Crippen LogP contribution in [0.25, 0.3) is 0 Å². The number of aliphatic carboxylic acids is 1. The summed E-state index contributed by atoms with van der Waals surface area (Å²) < 4.78 is 11.5. The second kappa shape index (κ2) is 5.99. The molecular weight excluding hydrogens is 304 g/mol. The Morgan fingerprint density at radius 2 is 1.95 bits per heavy atom. The van der Waals surface area contributed by atoms with Gasteiger partial charge in [-0.15, -0.1) is 0 Å². The lowest BCUT2D eigenvalue weighted by Crippen LogP contribution is -2.34. The van der Waals surface area contributed by atoms with Gasteiger partial charge >= 0.3 is 5.97 Å². The fraction of sp³-hybridized carbons (Fsp3) is 0.588. The molecule has 0 bridgehead atoms. The normalized spacial score (nSPS) is 20.5. The summed E-state index contributed by atoms with van der Waals surface area (Å²) in [5.41, 5.74) is -0.231. The molecule has 0 atom stereocenters. The van der Waals surface area contributed by atoms with Gasteiger partial charge in [-0.05, 0) is 38.2 Å². The molecule has 0 heterocycles. The van der Waals surface area contributed by atoms with Crippen molar-refractivity contribution >= 4 is 17.6 Å². The molecule has 5 heteroatoms. The smallest absolute Gasteiger partial charge is 0.314 e. The van der Waals surface area contributed by atoms with Gasteiger partial charge in [-0.2, -0.15) is 0 Å². The Hall–Kier alpha value is -1.42. The highest BCUT2D eigenvalue weighted by molar-refractivity contribution is 6.31. The first-order valence-corrected chi connectivity index (χ1v) is 8.23. The summed E-state index contributed by atoms with van der Waals surface area (Å²) in [6.45, 7) is 0. The van der Waals surface area contributed by atoms with Crippen molar-refractivity contribution in [3.05, 3.63) is 22.7 Å². The summed E-state index contributed by atoms with van der Waals surface area (Å²) in [4.78, 5) is 12.0. The summed E-state index contributed by atoms with van der Waals surface area (Å²) in [5, 5.41) is 10.3. The van der Waals surface area contributed by atoms with Gasteiger partial charge in [0.1, 0.15) is 0 Å². The molecular formula is C17H21ClO4. The van der Waals surface area contributed by atoms with Gasteiger partial charge in [0.15, 0.2) is 11.5 Å². The summed E-state index contributed by atoms with van der Waals surface area (Å²) in [6.07, 6.45) is 6.37. The SMILES string of the molecule is COc1cc(Cl)cc(C2(C(=O)O)CCCC2)c1OC1CCC1. The van der Waals surface area contributed by atoms with Crippen LogP contribution in [0.5, 0.6) is 11.5 Å². The molecule has 2 aliphatic rings. The predicted molar refractivity (Wildman–Crippen MR) is 84.1 cm³/mol. The van der Waals surface area contributed by atoms with Crippen molar-refractivity contribution in [2.75, 3.05) is 7.11 Å². The fourth-order valence-electron chi connectivity index (χ4n) is 3.43. The minimum atomic E-state index is -0.905. The van der Waals surface area contributed by atoms with Crippen molar-refractivity contribution < 1.29 is 19.4 Å². The zero-order valence-electron chi connectivity index (χ0n) is 12.7. The van der Waals surface area contributed by atoms with Crippen molar-refractivity contribution in [1.82, 2.24) is 0 Å². The fourth-order valence-corrected chi connectivity index (χ4v) is 3.64. The van der Waals surface area contributed by atoms with Gasteiger partial charge in [0.25, 0.3) is 0 Å². The maximum absolute atomic E-state index is 12.0. The van der Waals surface area contributed by atoms with Crippen LogP contribution in [0.4, 0.5) is 0 Å². The average Bonchev–Trinajstić information content (AvgIpc) is 2.93. The molecule has 4 nitrogen and oxygen atoms in total. The second-order valence-electron chi connectivity index (χ2n) is 6.25. The third kappa shape index (κ3) is 2.54. The monoisotopic (exact) mass is 324 g/mol. The lowest BCUT2D eigenvalue weighted by atomic mass is 9.78. The molecule has 0 spiro atoms. The summed E-state index contributed by atoms with van der Waals surface area (Å²) >= 11 is 6.20. The Balaban J connectivity index is 2.11. The number of carbonyl (C=O) groups is 1.